The fourth-order valence-corrected chi connectivity index (χ4v) is 3.74. The summed E-state index contributed by atoms with van der Waals surface area (Å²) in [7, 11) is 0. The number of carbonyl (C=O) groups excluding carboxylic acids is 1. The van der Waals surface area contributed by atoms with Gasteiger partial charge in [-0.25, -0.2) is 0 Å². The average molecular weight is 296 g/mol. The number of rotatable bonds is 3. The number of ether oxygens (including phenoxy) is 2. The third-order valence-electron chi connectivity index (χ3n) is 5.02. The minimum atomic E-state index is -0.339. The predicted octanol–water partition coefficient (Wildman–Crippen LogP) is 1.66. The summed E-state index contributed by atoms with van der Waals surface area (Å²) in [5.74, 6) is -0.153. The molecule has 3 fully saturated rings. The van der Waals surface area contributed by atoms with E-state index in [4.69, 9.17) is 9.47 Å². The molecule has 2 saturated heterocycles. The molecule has 2 heterocycles. The van der Waals surface area contributed by atoms with Gasteiger partial charge in [0.2, 0.25) is 5.91 Å². The second kappa shape index (κ2) is 7.07. The van der Waals surface area contributed by atoms with E-state index in [-0.39, 0.29) is 11.7 Å². The van der Waals surface area contributed by atoms with Crippen LogP contribution in [0.2, 0.25) is 0 Å². The van der Waals surface area contributed by atoms with Crippen LogP contribution in [0.3, 0.4) is 0 Å². The Morgan fingerprint density at radius 3 is 2.29 bits per heavy atom. The summed E-state index contributed by atoms with van der Waals surface area (Å²) in [5, 5.41) is 3.22. The highest BCUT2D eigenvalue weighted by Crippen LogP contribution is 2.31. The molecule has 5 heteroatoms. The highest BCUT2D eigenvalue weighted by Gasteiger charge is 2.39. The molecule has 0 aromatic rings. The van der Waals surface area contributed by atoms with E-state index in [1.165, 1.54) is 25.7 Å². The van der Waals surface area contributed by atoms with Crippen molar-refractivity contribution in [2.75, 3.05) is 32.8 Å². The summed E-state index contributed by atoms with van der Waals surface area (Å²) in [5.41, 5.74) is 0. The summed E-state index contributed by atoms with van der Waals surface area (Å²) in [6.07, 6.45) is 9.21. The molecule has 0 bridgehead atoms. The SMILES string of the molecule is O=C(CN1CCC2(CC1)OCCO2)NC1CCCCCC1. The van der Waals surface area contributed by atoms with E-state index in [2.05, 4.69) is 10.2 Å². The molecule has 1 spiro atoms. The van der Waals surface area contributed by atoms with Gasteiger partial charge in [0, 0.05) is 32.0 Å². The van der Waals surface area contributed by atoms with Crippen molar-refractivity contribution < 1.29 is 14.3 Å². The van der Waals surface area contributed by atoms with Gasteiger partial charge in [0.1, 0.15) is 0 Å². The Hall–Kier alpha value is -0.650. The molecule has 1 saturated carbocycles. The van der Waals surface area contributed by atoms with Crippen molar-refractivity contribution in [3.8, 4) is 0 Å². The van der Waals surface area contributed by atoms with E-state index in [0.717, 1.165) is 38.8 Å². The Morgan fingerprint density at radius 1 is 1.05 bits per heavy atom. The summed E-state index contributed by atoms with van der Waals surface area (Å²) in [6, 6.07) is 0.401. The maximum Gasteiger partial charge on any atom is 0.234 e. The van der Waals surface area contributed by atoms with Crippen LogP contribution in [0, 0.1) is 0 Å². The van der Waals surface area contributed by atoms with Gasteiger partial charge >= 0.3 is 0 Å². The Labute approximate surface area is 127 Å². The van der Waals surface area contributed by atoms with Gasteiger partial charge in [0.15, 0.2) is 5.79 Å². The highest BCUT2D eigenvalue weighted by atomic mass is 16.7. The van der Waals surface area contributed by atoms with Crippen molar-refractivity contribution in [3.05, 3.63) is 0 Å². The smallest absolute Gasteiger partial charge is 0.234 e. The van der Waals surface area contributed by atoms with Crippen LogP contribution in [0.15, 0.2) is 0 Å². The van der Waals surface area contributed by atoms with Crippen LogP contribution < -0.4 is 5.32 Å². The first kappa shape index (κ1) is 15.3. The zero-order valence-electron chi connectivity index (χ0n) is 12.9. The van der Waals surface area contributed by atoms with Gasteiger partial charge < -0.3 is 14.8 Å². The molecule has 1 aliphatic carbocycles. The standard InChI is InChI=1S/C16H28N2O3/c19-15(17-14-5-3-1-2-4-6-14)13-18-9-7-16(8-10-18)20-11-12-21-16/h14H,1-13H2,(H,17,19). The summed E-state index contributed by atoms with van der Waals surface area (Å²) < 4.78 is 11.4. The van der Waals surface area contributed by atoms with E-state index in [0.29, 0.717) is 25.8 Å². The lowest BCUT2D eigenvalue weighted by atomic mass is 10.0. The van der Waals surface area contributed by atoms with Gasteiger partial charge in [0.25, 0.3) is 0 Å². The van der Waals surface area contributed by atoms with Gasteiger partial charge in [0.05, 0.1) is 19.8 Å². The van der Waals surface area contributed by atoms with Gasteiger partial charge in [-0.1, -0.05) is 25.7 Å². The third kappa shape index (κ3) is 4.18. The number of piperidine rings is 1. The van der Waals surface area contributed by atoms with E-state index in [9.17, 15) is 4.79 Å². The lowest BCUT2D eigenvalue weighted by Crippen LogP contribution is -2.49. The normalized spacial score (nSPS) is 27.6. The number of nitrogens with zero attached hydrogens (tertiary/aromatic N) is 1. The van der Waals surface area contributed by atoms with Crippen LogP contribution in [-0.4, -0.2) is 55.5 Å². The largest absolute Gasteiger partial charge is 0.352 e. The molecule has 0 aromatic carbocycles. The predicted molar refractivity (Wildman–Crippen MR) is 79.9 cm³/mol. The minimum Gasteiger partial charge on any atom is -0.352 e. The minimum absolute atomic E-state index is 0.186. The van der Waals surface area contributed by atoms with Crippen LogP contribution >= 0.6 is 0 Å². The zero-order valence-corrected chi connectivity index (χ0v) is 12.9. The quantitative estimate of drug-likeness (QED) is 0.805. The van der Waals surface area contributed by atoms with Crippen molar-refractivity contribution in [3.63, 3.8) is 0 Å². The molecule has 2 aliphatic heterocycles. The first-order chi connectivity index (χ1) is 10.3. The van der Waals surface area contributed by atoms with Crippen molar-refractivity contribution in [1.29, 1.82) is 0 Å². The Balaban J connectivity index is 1.39. The average Bonchev–Trinajstić information content (AvgIpc) is 2.78. The van der Waals surface area contributed by atoms with Crippen molar-refractivity contribution in [2.45, 2.75) is 63.2 Å². The number of hydrogen-bond donors (Lipinski definition) is 1. The molecule has 21 heavy (non-hydrogen) atoms. The maximum atomic E-state index is 12.2. The van der Waals surface area contributed by atoms with Crippen molar-refractivity contribution in [1.82, 2.24) is 10.2 Å². The van der Waals surface area contributed by atoms with Crippen LogP contribution in [0.4, 0.5) is 0 Å². The van der Waals surface area contributed by atoms with Gasteiger partial charge in [-0.05, 0) is 12.8 Å². The van der Waals surface area contributed by atoms with Crippen molar-refractivity contribution in [2.24, 2.45) is 0 Å². The lowest BCUT2D eigenvalue weighted by Gasteiger charge is -2.37. The lowest BCUT2D eigenvalue weighted by molar-refractivity contribution is -0.185. The maximum absolute atomic E-state index is 12.2. The highest BCUT2D eigenvalue weighted by molar-refractivity contribution is 5.78. The summed E-state index contributed by atoms with van der Waals surface area (Å²) >= 11 is 0. The molecule has 120 valence electrons. The third-order valence-corrected chi connectivity index (χ3v) is 5.02. The second-order valence-corrected chi connectivity index (χ2v) is 6.64. The first-order valence-corrected chi connectivity index (χ1v) is 8.55. The number of carbonyl (C=O) groups is 1. The van der Waals surface area contributed by atoms with E-state index in [1.807, 2.05) is 0 Å². The molecule has 3 aliphatic rings. The topological polar surface area (TPSA) is 50.8 Å². The van der Waals surface area contributed by atoms with Crippen LogP contribution in [0.25, 0.3) is 0 Å². The molecule has 5 nitrogen and oxygen atoms in total. The monoisotopic (exact) mass is 296 g/mol. The molecule has 1 N–H and O–H groups in total. The second-order valence-electron chi connectivity index (χ2n) is 6.64. The molecule has 0 unspecified atom stereocenters. The Bertz CT molecular complexity index is 337. The van der Waals surface area contributed by atoms with Gasteiger partial charge in [-0.2, -0.15) is 0 Å². The van der Waals surface area contributed by atoms with Crippen LogP contribution in [-0.2, 0) is 14.3 Å². The molecule has 0 radical (unpaired) electrons. The zero-order chi connectivity index (χ0) is 14.5. The summed E-state index contributed by atoms with van der Waals surface area (Å²) in [4.78, 5) is 14.4. The van der Waals surface area contributed by atoms with E-state index < -0.39 is 0 Å². The molecule has 3 rings (SSSR count). The van der Waals surface area contributed by atoms with Gasteiger partial charge in [-0.3, -0.25) is 9.69 Å². The Morgan fingerprint density at radius 2 is 1.67 bits per heavy atom. The Kier molecular flexibility index (Phi) is 5.14. The first-order valence-electron chi connectivity index (χ1n) is 8.55. The molecule has 1 amide bonds. The van der Waals surface area contributed by atoms with E-state index in [1.54, 1.807) is 0 Å². The number of hydrogen-bond acceptors (Lipinski definition) is 4. The van der Waals surface area contributed by atoms with Gasteiger partial charge in [-0.15, -0.1) is 0 Å². The van der Waals surface area contributed by atoms with E-state index >= 15 is 0 Å². The molecular weight excluding hydrogens is 268 g/mol. The number of amides is 1. The number of likely N-dealkylation sites (tertiary alicyclic amines) is 1. The van der Waals surface area contributed by atoms with Crippen molar-refractivity contribution >= 4 is 5.91 Å². The molecule has 0 atom stereocenters. The molecule has 0 aromatic heterocycles. The van der Waals surface area contributed by atoms with Crippen LogP contribution in [0.1, 0.15) is 51.4 Å². The molecular formula is C16H28N2O3. The fraction of sp³-hybridized carbons (Fsp3) is 0.938. The van der Waals surface area contributed by atoms with Crippen LogP contribution in [0.5, 0.6) is 0 Å². The number of nitrogens with one attached hydrogen (secondary N) is 1. The fourth-order valence-electron chi connectivity index (χ4n) is 3.74. The summed E-state index contributed by atoms with van der Waals surface area (Å²) in [6.45, 7) is 3.72.